The molecule has 0 saturated carbocycles. The minimum Gasteiger partial charge on any atom is -0.493 e. The number of nitrogens with one attached hydrogen (secondary N) is 1. The highest BCUT2D eigenvalue weighted by Gasteiger charge is 2.18. The summed E-state index contributed by atoms with van der Waals surface area (Å²) in [5.41, 5.74) is 1.67. The van der Waals surface area contributed by atoms with Crippen molar-refractivity contribution in [2.24, 2.45) is 0 Å². The van der Waals surface area contributed by atoms with Crippen LogP contribution < -0.4 is 14.8 Å². The van der Waals surface area contributed by atoms with Crippen LogP contribution >= 0.6 is 11.5 Å². The zero-order chi connectivity index (χ0) is 17.5. The van der Waals surface area contributed by atoms with Crippen molar-refractivity contribution in [3.05, 3.63) is 34.3 Å². The van der Waals surface area contributed by atoms with Crippen LogP contribution in [0.25, 0.3) is 0 Å². The third kappa shape index (κ3) is 4.23. The maximum atomic E-state index is 12.4. The summed E-state index contributed by atoms with van der Waals surface area (Å²) in [6, 6.07) is 5.53. The molecule has 1 amide bonds. The fraction of sp³-hybridized carbons (Fsp3) is 0.471. The summed E-state index contributed by atoms with van der Waals surface area (Å²) in [6.45, 7) is 6.58. The first-order valence-electron chi connectivity index (χ1n) is 8.03. The van der Waals surface area contributed by atoms with Gasteiger partial charge in [-0.3, -0.25) is 4.79 Å². The van der Waals surface area contributed by atoms with Gasteiger partial charge in [0.05, 0.1) is 25.5 Å². The van der Waals surface area contributed by atoms with Gasteiger partial charge in [0.15, 0.2) is 11.5 Å². The van der Waals surface area contributed by atoms with Gasteiger partial charge in [-0.15, -0.1) is 5.10 Å². The summed E-state index contributed by atoms with van der Waals surface area (Å²) in [5.74, 6) is 1.22. The van der Waals surface area contributed by atoms with Gasteiger partial charge in [-0.1, -0.05) is 24.4 Å². The predicted molar refractivity (Wildman–Crippen MR) is 93.9 cm³/mol. The minimum absolute atomic E-state index is 0.153. The first-order valence-corrected chi connectivity index (χ1v) is 8.80. The zero-order valence-corrected chi connectivity index (χ0v) is 15.3. The number of aromatic nitrogens is 2. The van der Waals surface area contributed by atoms with E-state index < -0.39 is 0 Å². The lowest BCUT2D eigenvalue weighted by molar-refractivity contribution is 0.0943. The molecule has 1 atom stereocenters. The topological polar surface area (TPSA) is 73.3 Å². The first-order chi connectivity index (χ1) is 11.6. The van der Waals surface area contributed by atoms with Gasteiger partial charge in [0, 0.05) is 0 Å². The summed E-state index contributed by atoms with van der Waals surface area (Å²) in [7, 11) is 1.61. The molecule has 0 bridgehead atoms. The van der Waals surface area contributed by atoms with Crippen molar-refractivity contribution in [3.8, 4) is 11.5 Å². The molecule has 0 fully saturated rings. The number of hydrogen-bond donors (Lipinski definition) is 1. The van der Waals surface area contributed by atoms with Crippen LogP contribution in [0.3, 0.4) is 0 Å². The highest BCUT2D eigenvalue weighted by molar-refractivity contribution is 7.08. The van der Waals surface area contributed by atoms with Gasteiger partial charge in [0.25, 0.3) is 5.91 Å². The molecule has 1 N–H and O–H groups in total. The summed E-state index contributed by atoms with van der Waals surface area (Å²) >= 11 is 1.12. The van der Waals surface area contributed by atoms with Crippen molar-refractivity contribution >= 4 is 17.4 Å². The van der Waals surface area contributed by atoms with E-state index in [2.05, 4.69) is 21.8 Å². The molecule has 2 rings (SSSR count). The number of rotatable bonds is 8. The molecule has 0 saturated heterocycles. The van der Waals surface area contributed by atoms with Gasteiger partial charge in [-0.05, 0) is 49.0 Å². The highest BCUT2D eigenvalue weighted by Crippen LogP contribution is 2.30. The lowest BCUT2D eigenvalue weighted by Crippen LogP contribution is -2.26. The molecule has 0 aliphatic heterocycles. The second kappa shape index (κ2) is 8.63. The standard InChI is InChI=1S/C17H23N3O3S/c1-5-9-23-14-8-7-12(10-15(14)22-4)11(3)18-17(21)16-13(6-2)19-20-24-16/h7-8,10-11H,5-6,9H2,1-4H3,(H,18,21)/t11-/m0/s1. The second-order valence-electron chi connectivity index (χ2n) is 5.36. The summed E-state index contributed by atoms with van der Waals surface area (Å²) in [5, 5.41) is 6.96. The number of methoxy groups -OCH3 is 1. The van der Waals surface area contributed by atoms with E-state index in [1.54, 1.807) is 7.11 Å². The van der Waals surface area contributed by atoms with Gasteiger partial charge in [-0.2, -0.15) is 0 Å². The van der Waals surface area contributed by atoms with E-state index in [9.17, 15) is 4.79 Å². The molecule has 0 aliphatic rings. The molecule has 6 nitrogen and oxygen atoms in total. The van der Waals surface area contributed by atoms with Crippen molar-refractivity contribution in [2.45, 2.75) is 39.7 Å². The van der Waals surface area contributed by atoms with Crippen molar-refractivity contribution in [3.63, 3.8) is 0 Å². The van der Waals surface area contributed by atoms with Crippen LogP contribution in [0.5, 0.6) is 11.5 Å². The van der Waals surface area contributed by atoms with E-state index in [0.29, 0.717) is 29.4 Å². The summed E-state index contributed by atoms with van der Waals surface area (Å²) in [6.07, 6.45) is 1.62. The smallest absolute Gasteiger partial charge is 0.265 e. The average Bonchev–Trinajstić information content (AvgIpc) is 3.08. The maximum absolute atomic E-state index is 12.4. The SMILES string of the molecule is CCCOc1ccc([C@H](C)NC(=O)c2snnc2CC)cc1OC. The van der Waals surface area contributed by atoms with Crippen LogP contribution in [-0.2, 0) is 6.42 Å². The van der Waals surface area contributed by atoms with Crippen molar-refractivity contribution in [1.82, 2.24) is 14.9 Å². The van der Waals surface area contributed by atoms with Crippen LogP contribution in [0.15, 0.2) is 18.2 Å². The summed E-state index contributed by atoms with van der Waals surface area (Å²) < 4.78 is 14.9. The number of nitrogens with zero attached hydrogens (tertiary/aromatic N) is 2. The quantitative estimate of drug-likeness (QED) is 0.791. The fourth-order valence-corrected chi connectivity index (χ4v) is 2.90. The molecule has 0 spiro atoms. The predicted octanol–water partition coefficient (Wildman–Crippen LogP) is 3.39. The number of benzene rings is 1. The number of aryl methyl sites for hydroxylation is 1. The molecule has 1 aromatic carbocycles. The molecule has 7 heteroatoms. The molecule has 0 radical (unpaired) electrons. The van der Waals surface area contributed by atoms with Crippen molar-refractivity contribution in [1.29, 1.82) is 0 Å². The molecular formula is C17H23N3O3S. The van der Waals surface area contributed by atoms with Crippen LogP contribution in [0, 0.1) is 0 Å². The third-order valence-corrected chi connectivity index (χ3v) is 4.36. The van der Waals surface area contributed by atoms with E-state index in [1.807, 2.05) is 32.0 Å². The molecule has 0 aliphatic carbocycles. The maximum Gasteiger partial charge on any atom is 0.265 e. The Kier molecular flexibility index (Phi) is 6.54. The average molecular weight is 349 g/mol. The Morgan fingerprint density at radius 1 is 1.33 bits per heavy atom. The molecule has 24 heavy (non-hydrogen) atoms. The van der Waals surface area contributed by atoms with Gasteiger partial charge < -0.3 is 14.8 Å². The number of carbonyl (C=O) groups excluding carboxylic acids is 1. The number of amides is 1. The van der Waals surface area contributed by atoms with Crippen LogP contribution in [0.4, 0.5) is 0 Å². The van der Waals surface area contributed by atoms with Gasteiger partial charge in [0.1, 0.15) is 4.88 Å². The van der Waals surface area contributed by atoms with Crippen molar-refractivity contribution < 1.29 is 14.3 Å². The molecule has 130 valence electrons. The number of ether oxygens (including phenoxy) is 2. The van der Waals surface area contributed by atoms with Crippen LogP contribution in [-0.4, -0.2) is 29.2 Å². The van der Waals surface area contributed by atoms with E-state index in [-0.39, 0.29) is 11.9 Å². The van der Waals surface area contributed by atoms with E-state index in [1.165, 1.54) is 0 Å². The molecule has 1 heterocycles. The lowest BCUT2D eigenvalue weighted by Gasteiger charge is -2.17. The van der Waals surface area contributed by atoms with Crippen molar-refractivity contribution in [2.75, 3.05) is 13.7 Å². The Hall–Kier alpha value is -2.15. The number of carbonyl (C=O) groups is 1. The fourth-order valence-electron chi connectivity index (χ4n) is 2.24. The normalized spacial score (nSPS) is 11.8. The summed E-state index contributed by atoms with van der Waals surface area (Å²) in [4.78, 5) is 13.0. The largest absolute Gasteiger partial charge is 0.493 e. The van der Waals surface area contributed by atoms with E-state index in [0.717, 1.165) is 29.2 Å². The van der Waals surface area contributed by atoms with E-state index in [4.69, 9.17) is 9.47 Å². The Morgan fingerprint density at radius 2 is 2.12 bits per heavy atom. The lowest BCUT2D eigenvalue weighted by atomic mass is 10.1. The Labute approximate surface area is 146 Å². The van der Waals surface area contributed by atoms with Gasteiger partial charge in [0.2, 0.25) is 0 Å². The van der Waals surface area contributed by atoms with Gasteiger partial charge in [-0.25, -0.2) is 0 Å². The highest BCUT2D eigenvalue weighted by atomic mass is 32.1. The zero-order valence-electron chi connectivity index (χ0n) is 14.5. The third-order valence-electron chi connectivity index (χ3n) is 3.59. The molecule has 1 aromatic heterocycles. The van der Waals surface area contributed by atoms with E-state index >= 15 is 0 Å². The number of hydrogen-bond acceptors (Lipinski definition) is 6. The monoisotopic (exact) mass is 349 g/mol. The molecule has 2 aromatic rings. The first kappa shape index (κ1) is 18.2. The van der Waals surface area contributed by atoms with Gasteiger partial charge >= 0.3 is 0 Å². The minimum atomic E-state index is -0.168. The molecular weight excluding hydrogens is 326 g/mol. The second-order valence-corrected chi connectivity index (χ2v) is 6.11. The Balaban J connectivity index is 2.11. The Bertz CT molecular complexity index is 687. The van der Waals surface area contributed by atoms with Crippen LogP contribution in [0.2, 0.25) is 0 Å². The Morgan fingerprint density at radius 3 is 2.79 bits per heavy atom. The van der Waals surface area contributed by atoms with Crippen LogP contribution in [0.1, 0.15) is 54.2 Å². The molecule has 0 unspecified atom stereocenters.